The van der Waals surface area contributed by atoms with Crippen molar-refractivity contribution in [2.45, 2.75) is 34.1 Å². The molecule has 6 heteroatoms. The van der Waals surface area contributed by atoms with Crippen LogP contribution >= 0.6 is 11.3 Å². The third-order valence-electron chi connectivity index (χ3n) is 3.45. The normalized spacial score (nSPS) is 12.0. The molecule has 1 aromatic heterocycles. The van der Waals surface area contributed by atoms with Gasteiger partial charge in [-0.25, -0.2) is 4.79 Å². The lowest BCUT2D eigenvalue weighted by atomic mass is 10.1. The van der Waals surface area contributed by atoms with Crippen LogP contribution in [0.25, 0.3) is 0 Å². The van der Waals surface area contributed by atoms with E-state index >= 15 is 0 Å². The molecule has 1 aromatic rings. The predicted molar refractivity (Wildman–Crippen MR) is 84.4 cm³/mol. The Morgan fingerprint density at radius 2 is 2.00 bits per heavy atom. The lowest BCUT2D eigenvalue weighted by Crippen LogP contribution is -2.33. The van der Waals surface area contributed by atoms with Gasteiger partial charge in [-0.1, -0.05) is 13.8 Å². The van der Waals surface area contributed by atoms with E-state index in [0.717, 1.165) is 21.9 Å². The first-order valence-corrected chi connectivity index (χ1v) is 7.81. The Kier molecular flexibility index (Phi) is 6.20. The van der Waals surface area contributed by atoms with Crippen molar-refractivity contribution in [2.75, 3.05) is 25.1 Å². The van der Waals surface area contributed by atoms with Crippen LogP contribution in [0.3, 0.4) is 0 Å². The average molecular weight is 313 g/mol. The van der Waals surface area contributed by atoms with E-state index in [1.807, 2.05) is 25.7 Å². The van der Waals surface area contributed by atoms with Gasteiger partial charge in [-0.3, -0.25) is 4.79 Å². The molecule has 118 valence electrons. The highest BCUT2D eigenvalue weighted by molar-refractivity contribution is 7.16. The summed E-state index contributed by atoms with van der Waals surface area (Å²) < 4.78 is 4.88. The molecule has 0 aliphatic rings. The number of anilines is 1. The summed E-state index contributed by atoms with van der Waals surface area (Å²) in [6.07, 6.45) is 0.878. The third kappa shape index (κ3) is 3.97. The highest BCUT2D eigenvalue weighted by Crippen LogP contribution is 2.36. The number of ether oxygens (including phenoxy) is 1. The van der Waals surface area contributed by atoms with Crippen LogP contribution in [0.4, 0.5) is 5.00 Å². The predicted octanol–water partition coefficient (Wildman–Crippen LogP) is 3.09. The average Bonchev–Trinajstić information content (AvgIpc) is 2.73. The summed E-state index contributed by atoms with van der Waals surface area (Å²) in [6, 6.07) is 0. The number of esters is 1. The maximum absolute atomic E-state index is 12.0. The van der Waals surface area contributed by atoms with Crippen LogP contribution in [-0.2, 0) is 9.53 Å². The van der Waals surface area contributed by atoms with Crippen LogP contribution in [-0.4, -0.2) is 37.2 Å². The van der Waals surface area contributed by atoms with Crippen LogP contribution in [0.1, 0.15) is 41.1 Å². The fourth-order valence-corrected chi connectivity index (χ4v) is 3.31. The van der Waals surface area contributed by atoms with Crippen LogP contribution in [0.2, 0.25) is 0 Å². The van der Waals surface area contributed by atoms with Crippen LogP contribution in [0.5, 0.6) is 0 Å². The second kappa shape index (κ2) is 7.45. The smallest absolute Gasteiger partial charge is 0.341 e. The highest BCUT2D eigenvalue weighted by atomic mass is 32.1. The van der Waals surface area contributed by atoms with E-state index in [0.29, 0.717) is 18.7 Å². The molecule has 0 fully saturated rings. The molecule has 0 amide bonds. The Morgan fingerprint density at radius 1 is 1.38 bits per heavy atom. The zero-order chi connectivity index (χ0) is 16.2. The number of aliphatic carboxylic acids is 1. The van der Waals surface area contributed by atoms with Gasteiger partial charge in [-0.2, -0.15) is 0 Å². The standard InChI is InChI=1S/C15H23NO4S/c1-6-7-16(8-9(2)14(17)18)13-12(15(19)20-5)10(3)11(4)21-13/h9H,6-8H2,1-5H3,(H,17,18). The molecule has 0 saturated heterocycles. The quantitative estimate of drug-likeness (QED) is 0.784. The van der Waals surface area contributed by atoms with Gasteiger partial charge in [0.1, 0.15) is 5.00 Å². The van der Waals surface area contributed by atoms with E-state index in [1.54, 1.807) is 6.92 Å². The van der Waals surface area contributed by atoms with E-state index in [2.05, 4.69) is 0 Å². The molecule has 0 aliphatic heterocycles. The molecule has 5 nitrogen and oxygen atoms in total. The number of thiophene rings is 1. The number of carbonyl (C=O) groups excluding carboxylic acids is 1. The number of hydrogen-bond acceptors (Lipinski definition) is 5. The number of carbonyl (C=O) groups is 2. The minimum atomic E-state index is -0.833. The Bertz CT molecular complexity index is 524. The monoisotopic (exact) mass is 313 g/mol. The number of hydrogen-bond donors (Lipinski definition) is 1. The van der Waals surface area contributed by atoms with Crippen LogP contribution in [0, 0.1) is 19.8 Å². The van der Waals surface area contributed by atoms with Crippen molar-refractivity contribution in [3.63, 3.8) is 0 Å². The molecule has 1 N–H and O–H groups in total. The van der Waals surface area contributed by atoms with E-state index in [4.69, 9.17) is 9.84 Å². The number of rotatable bonds is 7. The van der Waals surface area contributed by atoms with E-state index in [-0.39, 0.29) is 5.97 Å². The molecular weight excluding hydrogens is 290 g/mol. The largest absolute Gasteiger partial charge is 0.481 e. The van der Waals surface area contributed by atoms with E-state index in [1.165, 1.54) is 18.4 Å². The Morgan fingerprint density at radius 3 is 2.48 bits per heavy atom. The number of carboxylic acid groups (broad SMARTS) is 1. The van der Waals surface area contributed by atoms with Gasteiger partial charge in [-0.15, -0.1) is 11.3 Å². The summed E-state index contributed by atoms with van der Waals surface area (Å²) in [5, 5.41) is 9.93. The Balaban J connectivity index is 3.21. The first-order valence-electron chi connectivity index (χ1n) is 6.99. The van der Waals surface area contributed by atoms with Gasteiger partial charge in [0, 0.05) is 18.0 Å². The minimum absolute atomic E-state index is 0.365. The molecule has 0 aliphatic carbocycles. The molecule has 1 unspecified atom stereocenters. The van der Waals surface area contributed by atoms with Crippen molar-refractivity contribution < 1.29 is 19.4 Å². The first kappa shape index (κ1) is 17.5. The summed E-state index contributed by atoms with van der Waals surface area (Å²) in [5.41, 5.74) is 1.47. The third-order valence-corrected chi connectivity index (χ3v) is 4.72. The lowest BCUT2D eigenvalue weighted by molar-refractivity contribution is -0.140. The summed E-state index contributed by atoms with van der Waals surface area (Å²) in [4.78, 5) is 26.2. The molecule has 0 aromatic carbocycles. The fourth-order valence-electron chi connectivity index (χ4n) is 2.13. The summed E-state index contributed by atoms with van der Waals surface area (Å²) in [5.74, 6) is -1.69. The van der Waals surface area contributed by atoms with Gasteiger partial charge in [-0.05, 0) is 25.8 Å². The Hall–Kier alpha value is -1.56. The molecule has 0 bridgehead atoms. The molecule has 0 spiro atoms. The van der Waals surface area contributed by atoms with Crippen LogP contribution < -0.4 is 4.90 Å². The van der Waals surface area contributed by atoms with Crippen molar-refractivity contribution in [1.29, 1.82) is 0 Å². The zero-order valence-corrected chi connectivity index (χ0v) is 14.0. The van der Waals surface area contributed by atoms with Crippen molar-refractivity contribution in [2.24, 2.45) is 5.92 Å². The maximum atomic E-state index is 12.0. The lowest BCUT2D eigenvalue weighted by Gasteiger charge is -2.25. The number of aryl methyl sites for hydroxylation is 1. The van der Waals surface area contributed by atoms with Gasteiger partial charge < -0.3 is 14.7 Å². The van der Waals surface area contributed by atoms with E-state index < -0.39 is 11.9 Å². The summed E-state index contributed by atoms with van der Waals surface area (Å²) in [7, 11) is 1.36. The first-order chi connectivity index (χ1) is 9.83. The summed E-state index contributed by atoms with van der Waals surface area (Å²) >= 11 is 1.52. The molecule has 0 saturated carbocycles. The summed E-state index contributed by atoms with van der Waals surface area (Å²) in [6.45, 7) is 8.65. The Labute approximate surface area is 129 Å². The van der Waals surface area contributed by atoms with Gasteiger partial charge in [0.15, 0.2) is 0 Å². The number of methoxy groups -OCH3 is 1. The molecule has 1 atom stereocenters. The van der Waals surface area contributed by atoms with Gasteiger partial charge >= 0.3 is 11.9 Å². The van der Waals surface area contributed by atoms with Crippen LogP contribution in [0.15, 0.2) is 0 Å². The van der Waals surface area contributed by atoms with Crippen molar-refractivity contribution in [3.8, 4) is 0 Å². The number of nitrogens with zero attached hydrogens (tertiary/aromatic N) is 1. The topological polar surface area (TPSA) is 66.8 Å². The SMILES string of the molecule is CCCN(CC(C)C(=O)O)c1sc(C)c(C)c1C(=O)OC. The van der Waals surface area contributed by atoms with Gasteiger partial charge in [0.05, 0.1) is 18.6 Å². The van der Waals surface area contributed by atoms with Crippen molar-refractivity contribution in [3.05, 3.63) is 16.0 Å². The molecule has 0 radical (unpaired) electrons. The highest BCUT2D eigenvalue weighted by Gasteiger charge is 2.26. The minimum Gasteiger partial charge on any atom is -0.481 e. The fraction of sp³-hybridized carbons (Fsp3) is 0.600. The molecule has 21 heavy (non-hydrogen) atoms. The van der Waals surface area contributed by atoms with Crippen molar-refractivity contribution in [1.82, 2.24) is 0 Å². The van der Waals surface area contributed by atoms with Gasteiger partial charge in [0.2, 0.25) is 0 Å². The maximum Gasteiger partial charge on any atom is 0.341 e. The zero-order valence-electron chi connectivity index (χ0n) is 13.2. The number of carboxylic acids is 1. The second-order valence-electron chi connectivity index (χ2n) is 5.14. The molecule has 1 rings (SSSR count). The molecule has 1 heterocycles. The molecular formula is C15H23NO4S. The van der Waals surface area contributed by atoms with E-state index in [9.17, 15) is 9.59 Å². The second-order valence-corrected chi connectivity index (χ2v) is 6.34. The van der Waals surface area contributed by atoms with Crippen molar-refractivity contribution >= 4 is 28.3 Å². The van der Waals surface area contributed by atoms with Gasteiger partial charge in [0.25, 0.3) is 0 Å².